The monoisotopic (exact) mass is 403 g/mol. The van der Waals surface area contributed by atoms with E-state index in [0.717, 1.165) is 0 Å². The third-order valence-corrected chi connectivity index (χ3v) is 4.57. The maximum Gasteiger partial charge on any atom is 0.286 e. The molecule has 0 atom stereocenters. The van der Waals surface area contributed by atoms with E-state index in [2.05, 4.69) is 15.6 Å². The number of carbonyl (C=O) groups excluding carboxylic acids is 2. The van der Waals surface area contributed by atoms with Gasteiger partial charge in [-0.05, 0) is 36.8 Å². The second-order valence-corrected chi connectivity index (χ2v) is 6.63. The maximum atomic E-state index is 13.8. The number of methoxy groups -OCH3 is 1. The number of amides is 2. The van der Waals surface area contributed by atoms with Crippen molar-refractivity contribution in [2.75, 3.05) is 19.0 Å². The van der Waals surface area contributed by atoms with Gasteiger partial charge in [-0.2, -0.15) is 0 Å². The molecule has 0 saturated carbocycles. The van der Waals surface area contributed by atoms with Crippen LogP contribution in [0.4, 0.5) is 9.52 Å². The molecule has 1 aromatic carbocycles. The van der Waals surface area contributed by atoms with Crippen LogP contribution in [-0.4, -0.2) is 30.5 Å². The van der Waals surface area contributed by atoms with Crippen LogP contribution in [0.5, 0.6) is 5.75 Å². The topological polar surface area (TPSA) is 93.5 Å². The second-order valence-electron chi connectivity index (χ2n) is 5.77. The standard InChI is InChI=1S/C19H18FN3O4S/c1-26-15-7-6-12(10-13(15)20)14-11-28-19(22-14)23-17(24)5-2-8-21-18(25)16-4-3-9-27-16/h3-4,6-7,9-11H,2,5,8H2,1H3,(H,21,25)(H,22,23,24). The molecular weight excluding hydrogens is 385 g/mol. The number of nitrogens with one attached hydrogen (secondary N) is 2. The minimum atomic E-state index is -0.477. The van der Waals surface area contributed by atoms with Gasteiger partial charge in [0.25, 0.3) is 5.91 Å². The molecule has 146 valence electrons. The van der Waals surface area contributed by atoms with Crippen LogP contribution in [0.1, 0.15) is 23.4 Å². The zero-order chi connectivity index (χ0) is 19.9. The summed E-state index contributed by atoms with van der Waals surface area (Å²) in [6.07, 6.45) is 2.12. The largest absolute Gasteiger partial charge is 0.494 e. The van der Waals surface area contributed by atoms with E-state index in [0.29, 0.717) is 29.4 Å². The Morgan fingerprint density at radius 3 is 2.89 bits per heavy atom. The highest BCUT2D eigenvalue weighted by atomic mass is 32.1. The maximum absolute atomic E-state index is 13.8. The lowest BCUT2D eigenvalue weighted by Gasteiger charge is -2.04. The lowest BCUT2D eigenvalue weighted by molar-refractivity contribution is -0.116. The first-order valence-electron chi connectivity index (χ1n) is 8.48. The van der Waals surface area contributed by atoms with Crippen LogP contribution in [0.25, 0.3) is 11.3 Å². The zero-order valence-corrected chi connectivity index (χ0v) is 15.8. The number of aromatic nitrogens is 1. The predicted molar refractivity (Wildman–Crippen MR) is 103 cm³/mol. The van der Waals surface area contributed by atoms with Gasteiger partial charge >= 0.3 is 0 Å². The molecule has 0 spiro atoms. The Labute approximate surface area is 164 Å². The van der Waals surface area contributed by atoms with Crippen LogP contribution < -0.4 is 15.4 Å². The van der Waals surface area contributed by atoms with Gasteiger partial charge in [-0.1, -0.05) is 0 Å². The number of hydrogen-bond donors (Lipinski definition) is 2. The lowest BCUT2D eigenvalue weighted by Crippen LogP contribution is -2.25. The van der Waals surface area contributed by atoms with E-state index in [1.54, 1.807) is 23.6 Å². The first-order chi connectivity index (χ1) is 13.6. The van der Waals surface area contributed by atoms with Crippen molar-refractivity contribution in [3.8, 4) is 17.0 Å². The normalized spacial score (nSPS) is 10.5. The fourth-order valence-corrected chi connectivity index (χ4v) is 3.15. The third kappa shape index (κ3) is 4.95. The lowest BCUT2D eigenvalue weighted by atomic mass is 10.1. The average molecular weight is 403 g/mol. The van der Waals surface area contributed by atoms with Gasteiger partial charge in [0.05, 0.1) is 19.1 Å². The van der Waals surface area contributed by atoms with E-state index in [9.17, 15) is 14.0 Å². The van der Waals surface area contributed by atoms with Gasteiger partial charge in [0, 0.05) is 23.9 Å². The Morgan fingerprint density at radius 1 is 1.32 bits per heavy atom. The van der Waals surface area contributed by atoms with Gasteiger partial charge in [0.2, 0.25) is 5.91 Å². The smallest absolute Gasteiger partial charge is 0.286 e. The number of thiazole rings is 1. The Balaban J connectivity index is 1.46. The summed E-state index contributed by atoms with van der Waals surface area (Å²) in [5.74, 6) is -0.618. The minimum absolute atomic E-state index is 0.159. The molecule has 0 bridgehead atoms. The predicted octanol–water partition coefficient (Wildman–Crippen LogP) is 3.70. The Hall–Kier alpha value is -3.20. The van der Waals surface area contributed by atoms with Gasteiger partial charge in [0.1, 0.15) is 0 Å². The number of benzene rings is 1. The van der Waals surface area contributed by atoms with Crippen LogP contribution in [0.3, 0.4) is 0 Å². The van der Waals surface area contributed by atoms with E-state index in [4.69, 9.17) is 9.15 Å². The number of hydrogen-bond acceptors (Lipinski definition) is 6. The van der Waals surface area contributed by atoms with Crippen molar-refractivity contribution in [3.63, 3.8) is 0 Å². The molecule has 0 aliphatic rings. The summed E-state index contributed by atoms with van der Waals surface area (Å²) >= 11 is 1.25. The molecule has 28 heavy (non-hydrogen) atoms. The molecule has 0 unspecified atom stereocenters. The van der Waals surface area contributed by atoms with Crippen LogP contribution >= 0.6 is 11.3 Å². The third-order valence-electron chi connectivity index (χ3n) is 3.81. The van der Waals surface area contributed by atoms with Crippen molar-refractivity contribution in [3.05, 3.63) is 53.6 Å². The number of rotatable bonds is 8. The Morgan fingerprint density at radius 2 is 2.18 bits per heavy atom. The highest BCUT2D eigenvalue weighted by Gasteiger charge is 2.11. The molecule has 7 nitrogen and oxygen atoms in total. The number of nitrogens with zero attached hydrogens (tertiary/aromatic N) is 1. The molecule has 3 rings (SSSR count). The van der Waals surface area contributed by atoms with E-state index < -0.39 is 5.82 Å². The quantitative estimate of drug-likeness (QED) is 0.560. The van der Waals surface area contributed by atoms with Gasteiger partial charge in [-0.15, -0.1) is 11.3 Å². The fourth-order valence-electron chi connectivity index (χ4n) is 2.42. The Kier molecular flexibility index (Phi) is 6.38. The highest BCUT2D eigenvalue weighted by Crippen LogP contribution is 2.28. The molecule has 0 radical (unpaired) electrons. The summed E-state index contributed by atoms with van der Waals surface area (Å²) in [5, 5.41) is 7.54. The van der Waals surface area contributed by atoms with Gasteiger partial charge in [0.15, 0.2) is 22.5 Å². The average Bonchev–Trinajstić information content (AvgIpc) is 3.37. The van der Waals surface area contributed by atoms with Crippen molar-refractivity contribution in [1.82, 2.24) is 10.3 Å². The summed E-state index contributed by atoms with van der Waals surface area (Å²) < 4.78 is 23.7. The van der Waals surface area contributed by atoms with Crippen molar-refractivity contribution < 1.29 is 23.1 Å². The van der Waals surface area contributed by atoms with E-state index in [1.165, 1.54) is 36.8 Å². The van der Waals surface area contributed by atoms with E-state index in [-0.39, 0.29) is 29.7 Å². The van der Waals surface area contributed by atoms with E-state index >= 15 is 0 Å². The molecule has 0 aliphatic heterocycles. The summed E-state index contributed by atoms with van der Waals surface area (Å²) in [6, 6.07) is 7.76. The SMILES string of the molecule is COc1ccc(-c2csc(NC(=O)CCCNC(=O)c3ccco3)n2)cc1F. The number of carbonyl (C=O) groups is 2. The molecule has 2 amide bonds. The summed E-state index contributed by atoms with van der Waals surface area (Å²) in [5.41, 5.74) is 1.16. The summed E-state index contributed by atoms with van der Waals surface area (Å²) in [7, 11) is 1.40. The first-order valence-corrected chi connectivity index (χ1v) is 9.36. The molecule has 0 saturated heterocycles. The molecule has 0 fully saturated rings. The second kappa shape index (κ2) is 9.14. The molecule has 2 N–H and O–H groups in total. The molecule has 2 aromatic heterocycles. The van der Waals surface area contributed by atoms with Crippen LogP contribution in [-0.2, 0) is 4.79 Å². The Bertz CT molecular complexity index is 956. The molecule has 2 heterocycles. The number of ether oxygens (including phenoxy) is 1. The zero-order valence-electron chi connectivity index (χ0n) is 15.0. The first kappa shape index (κ1) is 19.6. The van der Waals surface area contributed by atoms with E-state index in [1.807, 2.05) is 0 Å². The minimum Gasteiger partial charge on any atom is -0.494 e. The van der Waals surface area contributed by atoms with Crippen LogP contribution in [0.2, 0.25) is 0 Å². The number of anilines is 1. The molecule has 0 aliphatic carbocycles. The number of halogens is 1. The molecular formula is C19H18FN3O4S. The molecule has 3 aromatic rings. The molecule has 9 heteroatoms. The summed E-state index contributed by atoms with van der Waals surface area (Å²) in [4.78, 5) is 28.0. The van der Waals surface area contributed by atoms with Crippen molar-refractivity contribution in [2.24, 2.45) is 0 Å². The van der Waals surface area contributed by atoms with Crippen molar-refractivity contribution in [2.45, 2.75) is 12.8 Å². The van der Waals surface area contributed by atoms with Gasteiger partial charge < -0.3 is 19.8 Å². The fraction of sp³-hybridized carbons (Fsp3) is 0.211. The van der Waals surface area contributed by atoms with Crippen molar-refractivity contribution >= 4 is 28.3 Å². The van der Waals surface area contributed by atoms with Gasteiger partial charge in [-0.3, -0.25) is 9.59 Å². The number of furan rings is 1. The van der Waals surface area contributed by atoms with Gasteiger partial charge in [-0.25, -0.2) is 9.37 Å². The van der Waals surface area contributed by atoms with Crippen molar-refractivity contribution in [1.29, 1.82) is 0 Å². The van der Waals surface area contributed by atoms with Crippen LogP contribution in [0, 0.1) is 5.82 Å². The summed E-state index contributed by atoms with van der Waals surface area (Å²) in [6.45, 7) is 0.348. The highest BCUT2D eigenvalue weighted by molar-refractivity contribution is 7.14. The van der Waals surface area contributed by atoms with Crippen LogP contribution in [0.15, 0.2) is 46.4 Å².